The molecule has 77 heavy (non-hydrogen) atoms. The summed E-state index contributed by atoms with van der Waals surface area (Å²) in [5.41, 5.74) is 7.51. The van der Waals surface area contributed by atoms with E-state index in [0.29, 0.717) is 63.5 Å². The van der Waals surface area contributed by atoms with Crippen molar-refractivity contribution in [1.29, 1.82) is 0 Å². The van der Waals surface area contributed by atoms with E-state index in [2.05, 4.69) is 57.8 Å². The third-order valence-corrected chi connectivity index (χ3v) is 17.9. The van der Waals surface area contributed by atoms with Gasteiger partial charge in [-0.1, -0.05) is 72.0 Å². The zero-order valence-corrected chi connectivity index (χ0v) is 50.5. The van der Waals surface area contributed by atoms with Crippen LogP contribution in [-0.2, 0) is 34.3 Å². The van der Waals surface area contributed by atoms with E-state index >= 15 is 0 Å². The molecule has 0 aliphatic carbocycles. The fourth-order valence-corrected chi connectivity index (χ4v) is 13.3. The lowest BCUT2D eigenvalue weighted by Crippen LogP contribution is -2.43. The van der Waals surface area contributed by atoms with Gasteiger partial charge in [-0.3, -0.25) is 4.79 Å². The number of pyridine rings is 2. The third kappa shape index (κ3) is 15.0. The quantitative estimate of drug-likeness (QED) is 0.105. The second kappa shape index (κ2) is 25.3. The van der Waals surface area contributed by atoms with E-state index in [4.69, 9.17) is 32.4 Å². The molecule has 0 bridgehead atoms. The summed E-state index contributed by atoms with van der Waals surface area (Å²) in [6.07, 6.45) is 8.65. The number of Topliss-reactive ketones (excluding diaryl/α,β-unsaturated/α-hetero) is 1. The number of likely N-dealkylation sites (tertiary alicyclic amines) is 2. The maximum Gasteiger partial charge on any atom is 0.410 e. The molecule has 2 amide bonds. The number of hydrogen-bond acceptors (Lipinski definition) is 14. The lowest BCUT2D eigenvalue weighted by Gasteiger charge is -2.32. The van der Waals surface area contributed by atoms with Crippen molar-refractivity contribution in [2.24, 2.45) is 11.7 Å². The Hall–Kier alpha value is -5.11. The normalized spacial score (nSPS) is 14.7. The van der Waals surface area contributed by atoms with E-state index in [0.717, 1.165) is 44.8 Å². The number of nitrogens with zero attached hydrogens (tertiary/aromatic N) is 7. The monoisotopic (exact) mass is 1320 g/mol. The van der Waals surface area contributed by atoms with Crippen LogP contribution in [0.4, 0.5) is 9.59 Å². The molecule has 0 atom stereocenters. The van der Waals surface area contributed by atoms with Gasteiger partial charge in [-0.05, 0) is 135 Å². The number of nitrogens with two attached hydrogens (primary N) is 1. The summed E-state index contributed by atoms with van der Waals surface area (Å²) in [7, 11) is -7.61. The highest BCUT2D eigenvalue weighted by atomic mass is 79.9. The van der Waals surface area contributed by atoms with Gasteiger partial charge >= 0.3 is 12.2 Å². The standard InChI is InChI=1S/C26H27BrN4O4S2.C14H10BrN3O2S2.C12H20BrNO3.CH4/c1-26(2,3)35-25(32)30-11-9-17(10-12-30)22-16-36-24(29-22)21-15-31(23-20(21)13-18(27)14-28-23)37(33,34)19-7-5-4-6-8-19;15-9-6-11-12(13(16)21)8-18(14(11)17-7-9)22(19,20)10-4-2-1-3-5-10;1-12(2,3)17-11(16)14-6-4-9(5-7-14)10(15)8-13;/h4-8,13-17H,9-12H2,1-3H3;1-8H,(H2,16,21);9H,4-8H2,1-3H3;1H4. The SMILES string of the molecule is C.CC(C)(C)OC(=O)N1CCC(C(=O)CBr)CC1.CC(C)(C)OC(=O)N1CCC(c2csc(-c3cn(S(=O)(=O)c4ccccc4)c4ncc(Br)cc34)n2)CC1.NC(=S)c1cn(S(=O)(=O)c2ccccc2)c2ncc(Br)cc12. The first-order valence-electron chi connectivity index (χ1n) is 24.0. The van der Waals surface area contributed by atoms with Gasteiger partial charge in [0.15, 0.2) is 11.3 Å². The smallest absolute Gasteiger partial charge is 0.410 e. The van der Waals surface area contributed by atoms with Crippen molar-refractivity contribution in [3.8, 4) is 10.6 Å². The van der Waals surface area contributed by atoms with Crippen molar-refractivity contribution in [3.05, 3.63) is 123 Å². The Morgan fingerprint density at radius 3 is 1.61 bits per heavy atom. The maximum atomic E-state index is 13.5. The van der Waals surface area contributed by atoms with E-state index in [9.17, 15) is 31.2 Å². The van der Waals surface area contributed by atoms with Crippen molar-refractivity contribution in [2.45, 2.75) is 102 Å². The molecule has 2 saturated heterocycles. The molecule has 0 spiro atoms. The Bertz CT molecular complexity index is 3470. The molecule has 0 unspecified atom stereocenters. The molecule has 0 saturated carbocycles. The third-order valence-electron chi connectivity index (χ3n) is 12.1. The van der Waals surface area contributed by atoms with E-state index in [1.54, 1.807) is 76.8 Å². The molecule has 2 fully saturated rings. The van der Waals surface area contributed by atoms with Crippen LogP contribution in [0.1, 0.15) is 91.8 Å². The Kier molecular flexibility index (Phi) is 20.1. The number of aromatic nitrogens is 5. The number of ether oxygens (including phenoxy) is 2. The summed E-state index contributed by atoms with van der Waals surface area (Å²) in [4.78, 5) is 53.1. The lowest BCUT2D eigenvalue weighted by molar-refractivity contribution is -0.121. The molecule has 5 aromatic heterocycles. The van der Waals surface area contributed by atoms with Gasteiger partial charge in [-0.2, -0.15) is 0 Å². The fourth-order valence-electron chi connectivity index (χ4n) is 8.35. The number of thiazole rings is 1. The zero-order chi connectivity index (χ0) is 55.3. The van der Waals surface area contributed by atoms with E-state index < -0.39 is 31.2 Å². The van der Waals surface area contributed by atoms with Crippen LogP contribution >= 0.6 is 71.3 Å². The van der Waals surface area contributed by atoms with Crippen LogP contribution < -0.4 is 5.73 Å². The van der Waals surface area contributed by atoms with E-state index in [1.165, 1.54) is 39.8 Å². The molecule has 0 radical (unpaired) electrons. The number of halogens is 3. The predicted octanol–water partition coefficient (Wildman–Crippen LogP) is 12.2. The first-order valence-corrected chi connectivity index (χ1v) is 30.9. The topological polar surface area (TPSA) is 219 Å². The van der Waals surface area contributed by atoms with Gasteiger partial charge in [-0.15, -0.1) is 11.3 Å². The van der Waals surface area contributed by atoms with E-state index in [-0.39, 0.29) is 57.7 Å². The van der Waals surface area contributed by atoms with Crippen molar-refractivity contribution < 1.29 is 40.7 Å². The molecule has 9 rings (SSSR count). The molecule has 7 heterocycles. The Morgan fingerprint density at radius 1 is 0.714 bits per heavy atom. The second-order valence-electron chi connectivity index (χ2n) is 19.9. The van der Waals surface area contributed by atoms with Crippen LogP contribution in [0, 0.1) is 5.92 Å². The van der Waals surface area contributed by atoms with Gasteiger partial charge in [0.25, 0.3) is 20.0 Å². The summed E-state index contributed by atoms with van der Waals surface area (Å²) in [6.45, 7) is 13.6. The molecule has 17 nitrogen and oxygen atoms in total. The molecule has 24 heteroatoms. The summed E-state index contributed by atoms with van der Waals surface area (Å²) >= 11 is 16.5. The number of rotatable bonds is 9. The molecule has 2 aliphatic heterocycles. The first-order chi connectivity index (χ1) is 35.8. The summed E-state index contributed by atoms with van der Waals surface area (Å²) < 4.78 is 67.1. The van der Waals surface area contributed by atoms with Crippen LogP contribution in [0.2, 0.25) is 0 Å². The van der Waals surface area contributed by atoms with Crippen LogP contribution in [0.25, 0.3) is 32.6 Å². The van der Waals surface area contributed by atoms with Gasteiger partial charge in [-0.25, -0.2) is 49.3 Å². The number of thiocarbonyl (C=S) groups is 1. The van der Waals surface area contributed by atoms with E-state index in [1.807, 2.05) is 53.0 Å². The van der Waals surface area contributed by atoms with Crippen LogP contribution in [-0.4, -0.2) is 115 Å². The number of alkyl halides is 1. The average molecular weight is 1320 g/mol. The average Bonchev–Trinajstić information content (AvgIpc) is 4.20. The number of carbonyl (C=O) groups excluding carboxylic acids is 3. The highest BCUT2D eigenvalue weighted by Crippen LogP contribution is 2.38. The minimum absolute atomic E-state index is 0. The van der Waals surface area contributed by atoms with Crippen LogP contribution in [0.15, 0.2) is 122 Å². The molecule has 2 aromatic carbocycles. The highest BCUT2D eigenvalue weighted by molar-refractivity contribution is 9.10. The minimum Gasteiger partial charge on any atom is -0.444 e. The fraction of sp³-hybridized carbons (Fsp3) is 0.377. The maximum absolute atomic E-state index is 13.5. The number of amides is 2. The Morgan fingerprint density at radius 2 is 1.16 bits per heavy atom. The minimum atomic E-state index is -3.84. The van der Waals surface area contributed by atoms with Crippen molar-refractivity contribution in [3.63, 3.8) is 0 Å². The van der Waals surface area contributed by atoms with Crippen LogP contribution in [0.3, 0.4) is 0 Å². The summed E-state index contributed by atoms with van der Waals surface area (Å²) in [6, 6.07) is 20.1. The largest absolute Gasteiger partial charge is 0.444 e. The molecule has 2 N–H and O–H groups in total. The van der Waals surface area contributed by atoms with Gasteiger partial charge in [0, 0.05) is 99.0 Å². The number of carbonyl (C=O) groups is 3. The van der Waals surface area contributed by atoms with Gasteiger partial charge in [0.2, 0.25) is 0 Å². The Labute approximate surface area is 484 Å². The summed E-state index contributed by atoms with van der Waals surface area (Å²) in [5.74, 6) is 0.539. The van der Waals surface area contributed by atoms with Gasteiger partial charge in [0.1, 0.15) is 27.0 Å². The number of fused-ring (bicyclic) bond motifs is 2. The first kappa shape index (κ1) is 61.1. The lowest BCUT2D eigenvalue weighted by atomic mass is 9.94. The number of hydrogen-bond donors (Lipinski definition) is 1. The zero-order valence-electron chi connectivity index (χ0n) is 42.5. The molecular formula is C53H61Br3N8O9S4. The van der Waals surface area contributed by atoms with Crippen molar-refractivity contribution >= 4 is 136 Å². The highest BCUT2D eigenvalue weighted by Gasteiger charge is 2.32. The molecular weight excluding hydrogens is 1260 g/mol. The predicted molar refractivity (Wildman–Crippen MR) is 316 cm³/mol. The van der Waals surface area contributed by atoms with Crippen molar-refractivity contribution in [1.82, 2.24) is 32.7 Å². The van der Waals surface area contributed by atoms with Crippen molar-refractivity contribution in [2.75, 3.05) is 31.5 Å². The van der Waals surface area contributed by atoms with Crippen LogP contribution in [0.5, 0.6) is 0 Å². The molecule has 412 valence electrons. The number of piperidine rings is 2. The van der Waals surface area contributed by atoms with Gasteiger partial charge in [0.05, 0.1) is 20.8 Å². The summed E-state index contributed by atoms with van der Waals surface area (Å²) in [5, 5.41) is 4.46. The number of benzene rings is 2. The molecule has 2 aliphatic rings. The molecule has 7 aromatic rings. The second-order valence-corrected chi connectivity index (χ2v) is 27.2. The Balaban J connectivity index is 0.000000204. The number of ketones is 1. The van der Waals surface area contributed by atoms with Gasteiger partial charge < -0.3 is 25.0 Å².